The zero-order valence-corrected chi connectivity index (χ0v) is 16.6. The van der Waals surface area contributed by atoms with E-state index in [0.717, 1.165) is 12.8 Å². The Kier molecular flexibility index (Phi) is 20.5. The summed E-state index contributed by atoms with van der Waals surface area (Å²) in [4.78, 5) is 22.3. The van der Waals surface area contributed by atoms with Gasteiger partial charge in [-0.05, 0) is 13.5 Å². The Labute approximate surface area is 167 Å². The molecular weight excluding hydrogens is 281 g/mol. The van der Waals surface area contributed by atoms with Gasteiger partial charge in [-0.3, -0.25) is 9.59 Å². The summed E-state index contributed by atoms with van der Waals surface area (Å²) in [5.74, 6) is -0.897. The maximum Gasteiger partial charge on any atom is 1.00 e. The van der Waals surface area contributed by atoms with Crippen molar-refractivity contribution in [2.75, 3.05) is 13.6 Å². The predicted molar refractivity (Wildman–Crippen MR) is 78.0 cm³/mol. The zero-order chi connectivity index (χ0) is 14.3. The Balaban J connectivity index is -0.00000162. The third-order valence-corrected chi connectivity index (χ3v) is 3.03. The van der Waals surface area contributed by atoms with Crippen molar-refractivity contribution >= 4 is 11.9 Å². The van der Waals surface area contributed by atoms with E-state index in [1.165, 1.54) is 44.9 Å². The summed E-state index contributed by atoms with van der Waals surface area (Å²) in [6, 6.07) is 0. The summed E-state index contributed by atoms with van der Waals surface area (Å²) in [5, 5.41) is 2.65. The summed E-state index contributed by atoms with van der Waals surface area (Å²) in [7, 11) is 1.65. The Morgan fingerprint density at radius 1 is 0.900 bits per heavy atom. The van der Waals surface area contributed by atoms with Gasteiger partial charge in [0.1, 0.15) is 0 Å². The minimum atomic E-state index is -0.497. The van der Waals surface area contributed by atoms with Crippen LogP contribution in [0.25, 0.3) is 0 Å². The second-order valence-corrected chi connectivity index (χ2v) is 4.95. The van der Waals surface area contributed by atoms with Gasteiger partial charge in [-0.1, -0.05) is 58.3 Å². The molecule has 1 N–H and O–H groups in total. The van der Waals surface area contributed by atoms with Crippen LogP contribution in [0.3, 0.4) is 0 Å². The number of hydrogen-bond acceptors (Lipinski definition) is 4. The van der Waals surface area contributed by atoms with E-state index >= 15 is 0 Å². The van der Waals surface area contributed by atoms with E-state index in [-0.39, 0.29) is 59.4 Å². The Morgan fingerprint density at radius 3 is 1.90 bits per heavy atom. The van der Waals surface area contributed by atoms with Crippen LogP contribution >= 0.6 is 0 Å². The topological polar surface area (TPSA) is 55.4 Å². The van der Waals surface area contributed by atoms with Gasteiger partial charge in [0.15, 0.2) is 0 Å². The number of ether oxygens (including phenoxy) is 1. The third-order valence-electron chi connectivity index (χ3n) is 3.03. The molecule has 0 spiro atoms. The van der Waals surface area contributed by atoms with Crippen LogP contribution in [-0.4, -0.2) is 25.5 Å². The molecule has 0 aliphatic rings. The van der Waals surface area contributed by atoms with Gasteiger partial charge in [-0.15, -0.1) is 0 Å². The third kappa shape index (κ3) is 16.8. The molecule has 0 amide bonds. The molecule has 0 aliphatic heterocycles. The van der Waals surface area contributed by atoms with E-state index in [1.807, 2.05) is 0 Å². The normalized spacial score (nSPS) is 9.90. The second kappa shape index (κ2) is 17.8. The number of esters is 2. The molecule has 5 heteroatoms. The number of carbonyl (C=O) groups is 2. The van der Waals surface area contributed by atoms with Crippen molar-refractivity contribution in [1.29, 1.82) is 0 Å². The number of likely N-dealkylation sites (N-methyl/N-ethyl adjacent to an activating group) is 1. The first kappa shape index (κ1) is 23.0. The molecule has 4 nitrogen and oxygen atoms in total. The van der Waals surface area contributed by atoms with Gasteiger partial charge in [0.2, 0.25) is 0 Å². The van der Waals surface area contributed by atoms with Gasteiger partial charge >= 0.3 is 63.3 Å². The van der Waals surface area contributed by atoms with Crippen molar-refractivity contribution < 1.29 is 67.1 Å². The van der Waals surface area contributed by atoms with Gasteiger partial charge in [0, 0.05) is 6.42 Å². The molecule has 0 atom stereocenters. The molecular formula is C15H30KNO3. The molecule has 20 heavy (non-hydrogen) atoms. The molecule has 0 saturated heterocycles. The molecule has 0 saturated carbocycles. The largest absolute Gasteiger partial charge is 1.00 e. The molecule has 0 aliphatic carbocycles. The van der Waals surface area contributed by atoms with Gasteiger partial charge in [-0.2, -0.15) is 0 Å². The smallest absolute Gasteiger partial charge is 1.00 e. The van der Waals surface area contributed by atoms with Crippen LogP contribution in [0, 0.1) is 0 Å². The quantitative estimate of drug-likeness (QED) is 0.244. The minimum Gasteiger partial charge on any atom is -1.00 e. The molecule has 0 heterocycles. The van der Waals surface area contributed by atoms with Gasteiger partial charge in [0.05, 0.1) is 6.54 Å². The average molecular weight is 312 g/mol. The Bertz CT molecular complexity index is 253. The standard InChI is InChI=1S/C15H29NO3.K.H/c1-3-4-5-6-7-8-9-10-11-12-14(17)19-15(18)13-16-2;;/h16H,3-13H2,1-2H3;;/q;+1;-1. The molecule has 114 valence electrons. The van der Waals surface area contributed by atoms with Crippen LogP contribution in [0.1, 0.15) is 72.6 Å². The summed E-state index contributed by atoms with van der Waals surface area (Å²) in [6.45, 7) is 2.31. The van der Waals surface area contributed by atoms with Crippen LogP contribution in [0.5, 0.6) is 0 Å². The van der Waals surface area contributed by atoms with Crippen molar-refractivity contribution in [3.63, 3.8) is 0 Å². The SMILES string of the molecule is CCCCCCCCCCCC(=O)OC(=O)CNC.[H-].[K+]. The average Bonchev–Trinajstić information content (AvgIpc) is 2.37. The molecule has 0 aromatic carbocycles. The maximum absolute atomic E-state index is 11.3. The van der Waals surface area contributed by atoms with Crippen LogP contribution in [0.2, 0.25) is 0 Å². The van der Waals surface area contributed by atoms with Gasteiger partial charge in [0.25, 0.3) is 0 Å². The molecule has 0 fully saturated rings. The van der Waals surface area contributed by atoms with E-state index in [9.17, 15) is 9.59 Å². The van der Waals surface area contributed by atoms with E-state index in [2.05, 4.69) is 17.0 Å². The summed E-state index contributed by atoms with van der Waals surface area (Å²) >= 11 is 0. The minimum absolute atomic E-state index is 0. The van der Waals surface area contributed by atoms with Gasteiger partial charge < -0.3 is 11.5 Å². The number of nitrogens with one attached hydrogen (secondary N) is 1. The first-order chi connectivity index (χ1) is 9.20. The summed E-state index contributed by atoms with van der Waals surface area (Å²) < 4.78 is 4.62. The van der Waals surface area contributed by atoms with Gasteiger partial charge in [-0.25, -0.2) is 0 Å². The first-order valence-corrected chi connectivity index (χ1v) is 7.58. The summed E-state index contributed by atoms with van der Waals surface area (Å²) in [6.07, 6.45) is 11.2. The molecule has 0 rings (SSSR count). The van der Waals surface area contributed by atoms with E-state index in [0.29, 0.717) is 6.42 Å². The van der Waals surface area contributed by atoms with E-state index in [4.69, 9.17) is 0 Å². The van der Waals surface area contributed by atoms with Crippen molar-refractivity contribution in [2.45, 2.75) is 71.1 Å². The van der Waals surface area contributed by atoms with E-state index < -0.39 is 11.9 Å². The number of rotatable bonds is 12. The van der Waals surface area contributed by atoms with Crippen LogP contribution < -0.4 is 56.7 Å². The molecule has 0 unspecified atom stereocenters. The Hall–Kier alpha value is 0.736. The van der Waals surface area contributed by atoms with Crippen molar-refractivity contribution in [1.82, 2.24) is 5.32 Å². The number of unbranched alkanes of at least 4 members (excludes halogenated alkanes) is 8. The van der Waals surface area contributed by atoms with Crippen molar-refractivity contribution in [2.24, 2.45) is 0 Å². The molecule has 0 aromatic heterocycles. The monoisotopic (exact) mass is 311 g/mol. The first-order valence-electron chi connectivity index (χ1n) is 7.58. The maximum atomic E-state index is 11.3. The van der Waals surface area contributed by atoms with Crippen LogP contribution in [0.15, 0.2) is 0 Å². The fourth-order valence-corrected chi connectivity index (χ4v) is 1.94. The van der Waals surface area contributed by atoms with Crippen LogP contribution in [0.4, 0.5) is 0 Å². The molecule has 0 aromatic rings. The molecule has 0 radical (unpaired) electrons. The molecule has 0 bridgehead atoms. The zero-order valence-electron chi connectivity index (χ0n) is 14.5. The van der Waals surface area contributed by atoms with E-state index in [1.54, 1.807) is 7.05 Å². The fraction of sp³-hybridized carbons (Fsp3) is 0.867. The predicted octanol–water partition coefficient (Wildman–Crippen LogP) is 0.313. The number of hydrogen-bond donors (Lipinski definition) is 1. The Morgan fingerprint density at radius 2 is 1.40 bits per heavy atom. The second-order valence-electron chi connectivity index (χ2n) is 4.95. The fourth-order valence-electron chi connectivity index (χ4n) is 1.94. The van der Waals surface area contributed by atoms with Crippen LogP contribution in [-0.2, 0) is 14.3 Å². The number of carbonyl (C=O) groups excluding carboxylic acids is 2. The van der Waals surface area contributed by atoms with Crippen molar-refractivity contribution in [3.05, 3.63) is 0 Å². The summed E-state index contributed by atoms with van der Waals surface area (Å²) in [5.41, 5.74) is 0. The van der Waals surface area contributed by atoms with Crippen molar-refractivity contribution in [3.8, 4) is 0 Å².